The van der Waals surface area contributed by atoms with E-state index in [-0.39, 0.29) is 11.6 Å². The van der Waals surface area contributed by atoms with Crippen molar-refractivity contribution in [3.05, 3.63) is 95.8 Å². The first-order valence-corrected chi connectivity index (χ1v) is 8.72. The molecule has 0 saturated heterocycles. The summed E-state index contributed by atoms with van der Waals surface area (Å²) in [5, 5.41) is 6.08. The number of nitrogens with zero attached hydrogens (tertiary/aromatic N) is 1. The third-order valence-corrected chi connectivity index (χ3v) is 4.09. The molecule has 0 fully saturated rings. The van der Waals surface area contributed by atoms with Crippen LogP contribution in [0.2, 0.25) is 0 Å². The highest BCUT2D eigenvalue weighted by Gasteiger charge is 2.09. The zero-order chi connectivity index (χ0) is 19.9. The predicted molar refractivity (Wildman–Crippen MR) is 106 cm³/mol. The van der Waals surface area contributed by atoms with Crippen molar-refractivity contribution in [3.63, 3.8) is 0 Å². The molecule has 3 rings (SSSR count). The van der Waals surface area contributed by atoms with Crippen molar-refractivity contribution in [1.82, 2.24) is 10.3 Å². The van der Waals surface area contributed by atoms with Crippen LogP contribution in [-0.2, 0) is 4.79 Å². The first-order valence-electron chi connectivity index (χ1n) is 8.72. The van der Waals surface area contributed by atoms with E-state index in [1.807, 2.05) is 43.3 Å². The highest BCUT2D eigenvalue weighted by Crippen LogP contribution is 2.21. The SMILES string of the molecule is CC(NC(=O)/C=C/c1cc(F)ccc1F)c1cccc(Nc2ccncc2)c1. The van der Waals surface area contributed by atoms with Crippen molar-refractivity contribution in [2.75, 3.05) is 5.32 Å². The van der Waals surface area contributed by atoms with Crippen LogP contribution in [0.15, 0.2) is 73.1 Å². The highest BCUT2D eigenvalue weighted by molar-refractivity contribution is 5.92. The number of aromatic nitrogens is 1. The summed E-state index contributed by atoms with van der Waals surface area (Å²) in [5.41, 5.74) is 2.70. The molecule has 2 aromatic carbocycles. The lowest BCUT2D eigenvalue weighted by Crippen LogP contribution is -2.24. The first kappa shape index (κ1) is 19.2. The Morgan fingerprint density at radius 3 is 2.61 bits per heavy atom. The quantitative estimate of drug-likeness (QED) is 0.593. The Bertz CT molecular complexity index is 990. The lowest BCUT2D eigenvalue weighted by molar-refractivity contribution is -0.117. The van der Waals surface area contributed by atoms with Crippen LogP contribution in [0.3, 0.4) is 0 Å². The standard InChI is InChI=1S/C22H19F2N3O/c1-15(26-22(28)8-5-17-13-18(23)6-7-21(17)24)16-3-2-4-20(14-16)27-19-9-11-25-12-10-19/h2-15H,1H3,(H,25,27)(H,26,28)/b8-5+. The molecule has 6 heteroatoms. The van der Waals surface area contributed by atoms with Crippen molar-refractivity contribution in [3.8, 4) is 0 Å². The van der Waals surface area contributed by atoms with Gasteiger partial charge in [-0.15, -0.1) is 0 Å². The number of anilines is 2. The summed E-state index contributed by atoms with van der Waals surface area (Å²) in [4.78, 5) is 16.1. The lowest BCUT2D eigenvalue weighted by atomic mass is 10.1. The number of amides is 1. The Hall–Kier alpha value is -3.54. The van der Waals surface area contributed by atoms with Gasteiger partial charge in [0.15, 0.2) is 0 Å². The fourth-order valence-corrected chi connectivity index (χ4v) is 2.64. The minimum atomic E-state index is -0.589. The third-order valence-electron chi connectivity index (χ3n) is 4.09. The summed E-state index contributed by atoms with van der Waals surface area (Å²) >= 11 is 0. The Morgan fingerprint density at radius 2 is 1.82 bits per heavy atom. The molecule has 1 heterocycles. The Kier molecular flexibility index (Phi) is 6.11. The van der Waals surface area contributed by atoms with Crippen LogP contribution in [0, 0.1) is 11.6 Å². The number of carbonyl (C=O) groups is 1. The fourth-order valence-electron chi connectivity index (χ4n) is 2.64. The van der Waals surface area contributed by atoms with Gasteiger partial charge in [0, 0.05) is 35.4 Å². The van der Waals surface area contributed by atoms with Gasteiger partial charge in [0.05, 0.1) is 6.04 Å². The van der Waals surface area contributed by atoms with E-state index < -0.39 is 17.5 Å². The summed E-state index contributed by atoms with van der Waals surface area (Å²) in [6.45, 7) is 1.85. The number of pyridine rings is 1. The number of nitrogens with one attached hydrogen (secondary N) is 2. The lowest BCUT2D eigenvalue weighted by Gasteiger charge is -2.15. The second kappa shape index (κ2) is 8.90. The fraction of sp³-hybridized carbons (Fsp3) is 0.0909. The van der Waals surface area contributed by atoms with E-state index in [0.29, 0.717) is 0 Å². The van der Waals surface area contributed by atoms with Crippen molar-refractivity contribution >= 4 is 23.4 Å². The molecule has 4 nitrogen and oxygen atoms in total. The van der Waals surface area contributed by atoms with E-state index in [0.717, 1.165) is 35.1 Å². The van der Waals surface area contributed by atoms with Gasteiger partial charge < -0.3 is 10.6 Å². The summed E-state index contributed by atoms with van der Waals surface area (Å²) in [7, 11) is 0. The number of rotatable bonds is 6. The zero-order valence-corrected chi connectivity index (χ0v) is 15.2. The van der Waals surface area contributed by atoms with Crippen LogP contribution >= 0.6 is 0 Å². The molecular weight excluding hydrogens is 360 g/mol. The average molecular weight is 379 g/mol. The van der Waals surface area contributed by atoms with Crippen molar-refractivity contribution in [2.45, 2.75) is 13.0 Å². The molecule has 142 valence electrons. The summed E-state index contributed by atoms with van der Waals surface area (Å²) in [5.74, 6) is -1.55. The molecular formula is C22H19F2N3O. The Morgan fingerprint density at radius 1 is 1.04 bits per heavy atom. The van der Waals surface area contributed by atoms with Gasteiger partial charge in [-0.1, -0.05) is 12.1 Å². The zero-order valence-electron chi connectivity index (χ0n) is 15.2. The number of hydrogen-bond donors (Lipinski definition) is 2. The highest BCUT2D eigenvalue weighted by atomic mass is 19.1. The number of carbonyl (C=O) groups excluding carboxylic acids is 1. The van der Waals surface area contributed by atoms with Gasteiger partial charge in [0.25, 0.3) is 0 Å². The van der Waals surface area contributed by atoms with E-state index in [1.54, 1.807) is 12.4 Å². The average Bonchev–Trinajstić information content (AvgIpc) is 2.69. The van der Waals surface area contributed by atoms with Crippen LogP contribution in [0.5, 0.6) is 0 Å². The van der Waals surface area contributed by atoms with Gasteiger partial charge in [-0.05, 0) is 61.0 Å². The van der Waals surface area contributed by atoms with Crippen LogP contribution in [0.1, 0.15) is 24.1 Å². The maximum atomic E-state index is 13.6. The molecule has 0 saturated carbocycles. The second-order valence-corrected chi connectivity index (χ2v) is 6.22. The molecule has 1 unspecified atom stereocenters. The van der Waals surface area contributed by atoms with E-state index in [1.165, 1.54) is 12.2 Å². The van der Waals surface area contributed by atoms with E-state index in [9.17, 15) is 13.6 Å². The van der Waals surface area contributed by atoms with E-state index in [4.69, 9.17) is 0 Å². The van der Waals surface area contributed by atoms with E-state index in [2.05, 4.69) is 15.6 Å². The van der Waals surface area contributed by atoms with Crippen LogP contribution < -0.4 is 10.6 Å². The molecule has 0 bridgehead atoms. The maximum Gasteiger partial charge on any atom is 0.244 e. The van der Waals surface area contributed by atoms with Gasteiger partial charge >= 0.3 is 0 Å². The number of halogens is 2. The first-order chi connectivity index (χ1) is 13.5. The molecule has 1 aromatic heterocycles. The topological polar surface area (TPSA) is 54.0 Å². The molecule has 28 heavy (non-hydrogen) atoms. The minimum absolute atomic E-state index is 0.0198. The Labute approximate surface area is 161 Å². The third kappa shape index (κ3) is 5.23. The van der Waals surface area contributed by atoms with Gasteiger partial charge in [0.1, 0.15) is 11.6 Å². The second-order valence-electron chi connectivity index (χ2n) is 6.22. The van der Waals surface area contributed by atoms with Crippen LogP contribution in [0.4, 0.5) is 20.2 Å². The predicted octanol–water partition coefficient (Wildman–Crippen LogP) is 4.99. The Balaban J connectivity index is 1.64. The molecule has 1 atom stereocenters. The van der Waals surface area contributed by atoms with Crippen molar-refractivity contribution in [1.29, 1.82) is 0 Å². The number of benzene rings is 2. The molecule has 0 spiro atoms. The molecule has 3 aromatic rings. The molecule has 0 radical (unpaired) electrons. The summed E-state index contributed by atoms with van der Waals surface area (Å²) < 4.78 is 26.8. The molecule has 0 aliphatic heterocycles. The van der Waals surface area contributed by atoms with Crippen LogP contribution in [-0.4, -0.2) is 10.9 Å². The van der Waals surface area contributed by atoms with Gasteiger partial charge in [-0.25, -0.2) is 8.78 Å². The van der Waals surface area contributed by atoms with Gasteiger partial charge in [0.2, 0.25) is 5.91 Å². The molecule has 0 aliphatic rings. The normalized spacial score (nSPS) is 12.0. The van der Waals surface area contributed by atoms with Crippen LogP contribution in [0.25, 0.3) is 6.08 Å². The maximum absolute atomic E-state index is 13.6. The molecule has 0 aliphatic carbocycles. The largest absolute Gasteiger partial charge is 0.355 e. The van der Waals surface area contributed by atoms with Crippen molar-refractivity contribution < 1.29 is 13.6 Å². The molecule has 2 N–H and O–H groups in total. The minimum Gasteiger partial charge on any atom is -0.355 e. The number of hydrogen-bond acceptors (Lipinski definition) is 3. The summed E-state index contributed by atoms with van der Waals surface area (Å²) in [6.07, 6.45) is 5.83. The summed E-state index contributed by atoms with van der Waals surface area (Å²) in [6, 6.07) is 14.2. The monoisotopic (exact) mass is 379 g/mol. The van der Waals surface area contributed by atoms with Crippen molar-refractivity contribution in [2.24, 2.45) is 0 Å². The van der Waals surface area contributed by atoms with Gasteiger partial charge in [-0.2, -0.15) is 0 Å². The van der Waals surface area contributed by atoms with E-state index >= 15 is 0 Å². The van der Waals surface area contributed by atoms with Gasteiger partial charge in [-0.3, -0.25) is 9.78 Å². The smallest absolute Gasteiger partial charge is 0.244 e. The molecule has 1 amide bonds.